The zero-order valence-corrected chi connectivity index (χ0v) is 15.0. The van der Waals surface area contributed by atoms with Crippen molar-refractivity contribution in [3.63, 3.8) is 0 Å². The maximum Gasteiger partial charge on any atom is 0.107 e. The lowest BCUT2D eigenvalue weighted by atomic mass is 10.0. The van der Waals surface area contributed by atoms with Gasteiger partial charge in [-0.1, -0.05) is 48.5 Å². The summed E-state index contributed by atoms with van der Waals surface area (Å²) in [5.41, 5.74) is 5.90. The first-order valence-corrected chi connectivity index (χ1v) is 9.05. The third kappa shape index (κ3) is 2.46. The number of para-hydroxylation sites is 1. The van der Waals surface area contributed by atoms with Crippen molar-refractivity contribution in [1.29, 1.82) is 0 Å². The van der Waals surface area contributed by atoms with Gasteiger partial charge in [-0.15, -0.1) is 0 Å². The molecule has 2 aromatic carbocycles. The summed E-state index contributed by atoms with van der Waals surface area (Å²) >= 11 is 0. The van der Waals surface area contributed by atoms with Crippen LogP contribution in [0.2, 0.25) is 0 Å². The molecule has 24 heavy (non-hydrogen) atoms. The zero-order chi connectivity index (χ0) is 16.7. The Bertz CT molecular complexity index is 860. The first-order chi connectivity index (χ1) is 11.6. The van der Waals surface area contributed by atoms with Gasteiger partial charge in [0, 0.05) is 35.1 Å². The van der Waals surface area contributed by atoms with Gasteiger partial charge >= 0.3 is 0 Å². The van der Waals surface area contributed by atoms with E-state index in [1.165, 1.54) is 29.4 Å². The number of rotatable bonds is 3. The SMILES string of the molecule is CC(C)[N+]1(C)CCc2c(c3ccccc3n2Cc2ccccc2)C1. The maximum atomic E-state index is 2.56. The quantitative estimate of drug-likeness (QED) is 0.622. The summed E-state index contributed by atoms with van der Waals surface area (Å²) in [7, 11) is 2.41. The molecule has 0 radical (unpaired) electrons. The number of quaternary nitrogens is 1. The third-order valence-corrected chi connectivity index (χ3v) is 6.00. The molecule has 2 heterocycles. The van der Waals surface area contributed by atoms with E-state index in [0.29, 0.717) is 6.04 Å². The van der Waals surface area contributed by atoms with E-state index in [2.05, 4.69) is 80.1 Å². The average Bonchev–Trinajstić information content (AvgIpc) is 2.89. The molecule has 0 saturated carbocycles. The van der Waals surface area contributed by atoms with Gasteiger partial charge in [0.1, 0.15) is 6.54 Å². The standard InChI is InChI=1S/C22H27N2/c1-17(2)24(3)14-13-22-20(16-24)19-11-7-8-12-21(19)23(22)15-18-9-5-4-6-10-18/h4-12,17H,13-16H2,1-3H3/q+1. The highest BCUT2D eigenvalue weighted by atomic mass is 15.4. The van der Waals surface area contributed by atoms with Gasteiger partial charge in [-0.05, 0) is 25.5 Å². The summed E-state index contributed by atoms with van der Waals surface area (Å²) in [6, 6.07) is 20.5. The van der Waals surface area contributed by atoms with Gasteiger partial charge in [0.15, 0.2) is 0 Å². The van der Waals surface area contributed by atoms with Crippen LogP contribution in [0, 0.1) is 0 Å². The monoisotopic (exact) mass is 319 g/mol. The van der Waals surface area contributed by atoms with Gasteiger partial charge in [-0.2, -0.15) is 0 Å². The minimum Gasteiger partial charge on any atom is -0.339 e. The molecule has 0 spiro atoms. The van der Waals surface area contributed by atoms with E-state index >= 15 is 0 Å². The molecule has 1 aliphatic rings. The molecule has 3 aromatic rings. The topological polar surface area (TPSA) is 4.93 Å². The molecular weight excluding hydrogens is 292 g/mol. The van der Waals surface area contributed by atoms with Gasteiger partial charge in [0.2, 0.25) is 0 Å². The smallest absolute Gasteiger partial charge is 0.107 e. The Hall–Kier alpha value is -2.06. The first kappa shape index (κ1) is 15.5. The largest absolute Gasteiger partial charge is 0.339 e. The fourth-order valence-electron chi connectivity index (χ4n) is 4.08. The first-order valence-electron chi connectivity index (χ1n) is 9.05. The predicted molar refractivity (Wildman–Crippen MR) is 101 cm³/mol. The molecular formula is C22H27N2+. The summed E-state index contributed by atoms with van der Waals surface area (Å²) in [5.74, 6) is 0. The molecule has 2 nitrogen and oxygen atoms in total. The molecule has 0 amide bonds. The Balaban J connectivity index is 1.85. The van der Waals surface area contributed by atoms with E-state index in [1.807, 2.05) is 0 Å². The van der Waals surface area contributed by atoms with Crippen LogP contribution in [0.25, 0.3) is 10.9 Å². The van der Waals surface area contributed by atoms with Crippen LogP contribution in [-0.2, 0) is 19.5 Å². The van der Waals surface area contributed by atoms with Gasteiger partial charge in [-0.25, -0.2) is 0 Å². The summed E-state index contributed by atoms with van der Waals surface area (Å²) in [6.07, 6.45) is 1.17. The number of nitrogens with zero attached hydrogens (tertiary/aromatic N) is 2. The van der Waals surface area contributed by atoms with Crippen molar-refractivity contribution >= 4 is 10.9 Å². The molecule has 1 aliphatic heterocycles. The number of hydrogen-bond donors (Lipinski definition) is 0. The second kappa shape index (κ2) is 5.78. The summed E-state index contributed by atoms with van der Waals surface area (Å²) < 4.78 is 3.70. The Morgan fingerprint density at radius 1 is 1.00 bits per heavy atom. The summed E-state index contributed by atoms with van der Waals surface area (Å²) in [5, 5.41) is 1.45. The Morgan fingerprint density at radius 3 is 2.46 bits per heavy atom. The highest BCUT2D eigenvalue weighted by Crippen LogP contribution is 2.34. The van der Waals surface area contributed by atoms with Crippen LogP contribution in [0.4, 0.5) is 0 Å². The van der Waals surface area contributed by atoms with E-state index in [1.54, 1.807) is 11.3 Å². The second-order valence-corrected chi connectivity index (χ2v) is 7.72. The number of benzene rings is 2. The van der Waals surface area contributed by atoms with Gasteiger partial charge in [0.25, 0.3) is 0 Å². The van der Waals surface area contributed by atoms with E-state index in [0.717, 1.165) is 17.6 Å². The fourth-order valence-corrected chi connectivity index (χ4v) is 4.08. The molecule has 4 rings (SSSR count). The molecule has 0 aliphatic carbocycles. The van der Waals surface area contributed by atoms with Crippen LogP contribution >= 0.6 is 0 Å². The Labute approximate surface area is 144 Å². The van der Waals surface area contributed by atoms with Crippen molar-refractivity contribution in [2.24, 2.45) is 0 Å². The van der Waals surface area contributed by atoms with Crippen LogP contribution in [-0.4, -0.2) is 28.7 Å². The molecule has 1 atom stereocenters. The highest BCUT2D eigenvalue weighted by molar-refractivity contribution is 5.85. The van der Waals surface area contributed by atoms with Crippen molar-refractivity contribution in [3.8, 4) is 0 Å². The van der Waals surface area contributed by atoms with Crippen LogP contribution in [0.3, 0.4) is 0 Å². The normalized spacial score (nSPS) is 20.5. The number of hydrogen-bond acceptors (Lipinski definition) is 0. The molecule has 0 bridgehead atoms. The molecule has 2 heteroatoms. The van der Waals surface area contributed by atoms with E-state index < -0.39 is 0 Å². The second-order valence-electron chi connectivity index (χ2n) is 7.72. The molecule has 1 aromatic heterocycles. The number of fused-ring (bicyclic) bond motifs is 3. The van der Waals surface area contributed by atoms with Gasteiger partial charge < -0.3 is 9.05 Å². The summed E-state index contributed by atoms with van der Waals surface area (Å²) in [4.78, 5) is 0. The molecule has 0 fully saturated rings. The average molecular weight is 319 g/mol. The van der Waals surface area contributed by atoms with Crippen LogP contribution < -0.4 is 0 Å². The van der Waals surface area contributed by atoms with Gasteiger partial charge in [-0.3, -0.25) is 0 Å². The lowest BCUT2D eigenvalue weighted by Crippen LogP contribution is -2.52. The van der Waals surface area contributed by atoms with Crippen molar-refractivity contribution in [3.05, 3.63) is 71.4 Å². The van der Waals surface area contributed by atoms with Crippen molar-refractivity contribution in [2.45, 2.75) is 39.4 Å². The highest BCUT2D eigenvalue weighted by Gasteiger charge is 2.34. The van der Waals surface area contributed by atoms with Crippen LogP contribution in [0.15, 0.2) is 54.6 Å². The minimum atomic E-state index is 0.661. The van der Waals surface area contributed by atoms with Crippen molar-refractivity contribution in [1.82, 2.24) is 4.57 Å². The lowest BCUT2D eigenvalue weighted by molar-refractivity contribution is -0.944. The lowest BCUT2D eigenvalue weighted by Gasteiger charge is -2.41. The van der Waals surface area contributed by atoms with E-state index in [9.17, 15) is 0 Å². The van der Waals surface area contributed by atoms with Gasteiger partial charge in [0.05, 0.1) is 19.6 Å². The zero-order valence-electron chi connectivity index (χ0n) is 15.0. The van der Waals surface area contributed by atoms with E-state index in [4.69, 9.17) is 0 Å². The molecule has 0 saturated heterocycles. The van der Waals surface area contributed by atoms with Crippen LogP contribution in [0.1, 0.15) is 30.7 Å². The Kier molecular flexibility index (Phi) is 3.73. The molecule has 0 N–H and O–H groups in total. The summed E-state index contributed by atoms with van der Waals surface area (Å²) in [6.45, 7) is 8.06. The number of likely N-dealkylation sites (N-methyl/N-ethyl adjacent to an activating group) is 1. The van der Waals surface area contributed by atoms with Crippen LogP contribution in [0.5, 0.6) is 0 Å². The molecule has 124 valence electrons. The van der Waals surface area contributed by atoms with Crippen molar-refractivity contribution in [2.75, 3.05) is 13.6 Å². The fraction of sp³-hybridized carbons (Fsp3) is 0.364. The van der Waals surface area contributed by atoms with E-state index in [-0.39, 0.29) is 0 Å². The van der Waals surface area contributed by atoms with Crippen molar-refractivity contribution < 1.29 is 4.48 Å². The predicted octanol–water partition coefficient (Wildman–Crippen LogP) is 4.60. The maximum absolute atomic E-state index is 2.56. The third-order valence-electron chi connectivity index (χ3n) is 6.00. The number of aromatic nitrogens is 1. The minimum absolute atomic E-state index is 0.661. The Morgan fingerprint density at radius 2 is 1.71 bits per heavy atom. The molecule has 1 unspecified atom stereocenters.